The van der Waals surface area contributed by atoms with Crippen LogP contribution in [0.2, 0.25) is 0 Å². The zero-order chi connectivity index (χ0) is 18.2. The van der Waals surface area contributed by atoms with Gasteiger partial charge < -0.3 is 15.5 Å². The lowest BCUT2D eigenvalue weighted by molar-refractivity contribution is -0.122. The number of carbonyl (C=O) groups is 1. The van der Waals surface area contributed by atoms with Crippen molar-refractivity contribution in [1.82, 2.24) is 15.3 Å². The summed E-state index contributed by atoms with van der Waals surface area (Å²) in [5.74, 6) is 2.28. The van der Waals surface area contributed by atoms with Gasteiger partial charge in [-0.1, -0.05) is 6.07 Å². The normalized spacial score (nSPS) is 15.0. The van der Waals surface area contributed by atoms with E-state index in [1.54, 1.807) is 17.5 Å². The number of anilines is 2. The van der Waals surface area contributed by atoms with Gasteiger partial charge in [0.15, 0.2) is 0 Å². The summed E-state index contributed by atoms with van der Waals surface area (Å²) in [6.07, 6.45) is 5.40. The van der Waals surface area contributed by atoms with Crippen LogP contribution in [0.15, 0.2) is 29.8 Å². The molecule has 6 nitrogen and oxygen atoms in total. The van der Waals surface area contributed by atoms with E-state index in [0.717, 1.165) is 51.3 Å². The van der Waals surface area contributed by atoms with Crippen LogP contribution in [0, 0.1) is 5.92 Å². The van der Waals surface area contributed by atoms with E-state index in [2.05, 4.69) is 43.0 Å². The SMILES string of the molecule is CCNc1nccc(N2CCC(CC(=O)NCCc3cccs3)CC2)n1. The monoisotopic (exact) mass is 373 g/mol. The van der Waals surface area contributed by atoms with Crippen molar-refractivity contribution < 1.29 is 4.79 Å². The fourth-order valence-electron chi connectivity index (χ4n) is 3.25. The molecule has 3 heterocycles. The predicted molar refractivity (Wildman–Crippen MR) is 107 cm³/mol. The molecule has 1 amide bonds. The maximum Gasteiger partial charge on any atom is 0.224 e. The summed E-state index contributed by atoms with van der Waals surface area (Å²) in [4.78, 5) is 24.5. The van der Waals surface area contributed by atoms with E-state index in [0.29, 0.717) is 18.3 Å². The van der Waals surface area contributed by atoms with Crippen molar-refractivity contribution in [3.63, 3.8) is 0 Å². The third-order valence-corrected chi connectivity index (χ3v) is 5.60. The molecule has 0 aliphatic carbocycles. The number of hydrogen-bond acceptors (Lipinski definition) is 6. The van der Waals surface area contributed by atoms with Gasteiger partial charge in [-0.25, -0.2) is 4.98 Å². The van der Waals surface area contributed by atoms with E-state index in [4.69, 9.17) is 0 Å². The van der Waals surface area contributed by atoms with Crippen LogP contribution in [0.1, 0.15) is 31.1 Å². The molecule has 1 aliphatic heterocycles. The predicted octanol–water partition coefficient (Wildman–Crippen LogP) is 2.94. The van der Waals surface area contributed by atoms with Crippen molar-refractivity contribution in [2.75, 3.05) is 36.4 Å². The van der Waals surface area contributed by atoms with Gasteiger partial charge in [0, 0.05) is 43.7 Å². The number of carbonyl (C=O) groups excluding carboxylic acids is 1. The van der Waals surface area contributed by atoms with Crippen molar-refractivity contribution in [1.29, 1.82) is 0 Å². The number of nitrogens with zero attached hydrogens (tertiary/aromatic N) is 3. The van der Waals surface area contributed by atoms with E-state index in [1.165, 1.54) is 4.88 Å². The van der Waals surface area contributed by atoms with E-state index in [-0.39, 0.29) is 5.91 Å². The van der Waals surface area contributed by atoms with Crippen LogP contribution >= 0.6 is 11.3 Å². The van der Waals surface area contributed by atoms with Gasteiger partial charge in [-0.2, -0.15) is 4.98 Å². The molecular weight excluding hydrogens is 346 g/mol. The van der Waals surface area contributed by atoms with Gasteiger partial charge in [-0.15, -0.1) is 11.3 Å². The lowest BCUT2D eigenvalue weighted by atomic mass is 9.93. The Bertz CT molecular complexity index is 683. The Morgan fingerprint density at radius 3 is 2.92 bits per heavy atom. The summed E-state index contributed by atoms with van der Waals surface area (Å²) in [6.45, 7) is 5.46. The summed E-state index contributed by atoms with van der Waals surface area (Å²) in [5, 5.41) is 8.28. The molecule has 1 fully saturated rings. The van der Waals surface area contributed by atoms with Gasteiger partial charge in [-0.05, 0) is 49.6 Å². The maximum absolute atomic E-state index is 12.2. The average Bonchev–Trinajstić information content (AvgIpc) is 3.16. The molecule has 2 aromatic rings. The average molecular weight is 374 g/mol. The standard InChI is InChI=1S/C19H27N5OS/c1-2-20-19-22-10-6-17(23-19)24-11-7-15(8-12-24)14-18(25)21-9-5-16-4-3-13-26-16/h3-4,6,10,13,15H,2,5,7-9,11-12,14H2,1H3,(H,21,25)(H,20,22,23). The van der Waals surface area contributed by atoms with Crippen molar-refractivity contribution >= 4 is 29.0 Å². The highest BCUT2D eigenvalue weighted by Crippen LogP contribution is 2.24. The van der Waals surface area contributed by atoms with Crippen molar-refractivity contribution in [3.05, 3.63) is 34.7 Å². The van der Waals surface area contributed by atoms with E-state index >= 15 is 0 Å². The van der Waals surface area contributed by atoms with E-state index < -0.39 is 0 Å². The molecule has 3 rings (SSSR count). The zero-order valence-corrected chi connectivity index (χ0v) is 16.1. The van der Waals surface area contributed by atoms with Crippen molar-refractivity contribution in [3.8, 4) is 0 Å². The minimum atomic E-state index is 0.177. The molecule has 0 bridgehead atoms. The highest BCUT2D eigenvalue weighted by Gasteiger charge is 2.22. The molecule has 0 atom stereocenters. The van der Waals surface area contributed by atoms with Gasteiger partial charge in [0.05, 0.1) is 0 Å². The van der Waals surface area contributed by atoms with Gasteiger partial charge in [0.25, 0.3) is 0 Å². The third kappa shape index (κ3) is 5.42. The van der Waals surface area contributed by atoms with E-state index in [1.807, 2.05) is 13.0 Å². The molecule has 1 aliphatic rings. The third-order valence-electron chi connectivity index (χ3n) is 4.66. The lowest BCUT2D eigenvalue weighted by Gasteiger charge is -2.32. The molecule has 0 radical (unpaired) electrons. The number of amides is 1. The number of rotatable bonds is 8. The second-order valence-electron chi connectivity index (χ2n) is 6.58. The first-order valence-corrected chi connectivity index (χ1v) is 10.2. The van der Waals surface area contributed by atoms with Crippen LogP contribution in [-0.2, 0) is 11.2 Å². The summed E-state index contributed by atoms with van der Waals surface area (Å²) in [7, 11) is 0. The second-order valence-corrected chi connectivity index (χ2v) is 7.61. The van der Waals surface area contributed by atoms with Gasteiger partial charge in [0.2, 0.25) is 11.9 Å². The first kappa shape index (κ1) is 18.6. The highest BCUT2D eigenvalue weighted by molar-refractivity contribution is 7.09. The number of thiophene rings is 1. The number of piperidine rings is 1. The molecule has 0 spiro atoms. The Kier molecular flexibility index (Phi) is 6.82. The van der Waals surface area contributed by atoms with Crippen LogP contribution in [-0.4, -0.2) is 42.1 Å². The molecule has 0 saturated carbocycles. The molecule has 2 aromatic heterocycles. The first-order chi connectivity index (χ1) is 12.7. The smallest absolute Gasteiger partial charge is 0.224 e. The fourth-order valence-corrected chi connectivity index (χ4v) is 3.96. The molecule has 2 N–H and O–H groups in total. The molecule has 0 aromatic carbocycles. The van der Waals surface area contributed by atoms with Gasteiger partial charge >= 0.3 is 0 Å². The van der Waals surface area contributed by atoms with Crippen LogP contribution in [0.5, 0.6) is 0 Å². The summed E-state index contributed by atoms with van der Waals surface area (Å²) < 4.78 is 0. The van der Waals surface area contributed by atoms with Gasteiger partial charge in [0.1, 0.15) is 5.82 Å². The molecule has 7 heteroatoms. The Morgan fingerprint density at radius 1 is 1.35 bits per heavy atom. The Morgan fingerprint density at radius 2 is 2.19 bits per heavy atom. The minimum absolute atomic E-state index is 0.177. The number of hydrogen-bond donors (Lipinski definition) is 2. The van der Waals surface area contributed by atoms with Crippen molar-refractivity contribution in [2.24, 2.45) is 5.92 Å². The fraction of sp³-hybridized carbons (Fsp3) is 0.526. The Balaban J connectivity index is 1.39. The molecule has 140 valence electrons. The number of aromatic nitrogens is 2. The quantitative estimate of drug-likeness (QED) is 0.744. The lowest BCUT2D eigenvalue weighted by Crippen LogP contribution is -2.36. The van der Waals surface area contributed by atoms with Crippen LogP contribution in [0.3, 0.4) is 0 Å². The largest absolute Gasteiger partial charge is 0.356 e. The van der Waals surface area contributed by atoms with Gasteiger partial charge in [-0.3, -0.25) is 4.79 Å². The zero-order valence-electron chi connectivity index (χ0n) is 15.3. The molecule has 26 heavy (non-hydrogen) atoms. The Labute approximate surface area is 159 Å². The molecule has 1 saturated heterocycles. The highest BCUT2D eigenvalue weighted by atomic mass is 32.1. The maximum atomic E-state index is 12.2. The second kappa shape index (κ2) is 9.52. The number of nitrogens with one attached hydrogen (secondary N) is 2. The topological polar surface area (TPSA) is 70.2 Å². The van der Waals surface area contributed by atoms with Crippen LogP contribution in [0.4, 0.5) is 11.8 Å². The molecular formula is C19H27N5OS. The van der Waals surface area contributed by atoms with Crippen LogP contribution in [0.25, 0.3) is 0 Å². The summed E-state index contributed by atoms with van der Waals surface area (Å²) in [5.41, 5.74) is 0. The Hall–Kier alpha value is -2.15. The van der Waals surface area contributed by atoms with Crippen molar-refractivity contribution in [2.45, 2.75) is 32.6 Å². The summed E-state index contributed by atoms with van der Waals surface area (Å²) >= 11 is 1.74. The van der Waals surface area contributed by atoms with Crippen LogP contribution < -0.4 is 15.5 Å². The molecule has 0 unspecified atom stereocenters. The summed E-state index contributed by atoms with van der Waals surface area (Å²) in [6, 6.07) is 6.12. The van der Waals surface area contributed by atoms with E-state index in [9.17, 15) is 4.79 Å². The minimum Gasteiger partial charge on any atom is -0.356 e. The first-order valence-electron chi connectivity index (χ1n) is 9.35.